The smallest absolute Gasteiger partial charge is 0.251 e. The summed E-state index contributed by atoms with van der Waals surface area (Å²) in [4.78, 5) is 39.8. The zero-order chi connectivity index (χ0) is 21.1. The molecule has 0 spiro atoms. The first-order chi connectivity index (χ1) is 14.5. The van der Waals surface area contributed by atoms with Crippen molar-refractivity contribution in [1.29, 1.82) is 0 Å². The van der Waals surface area contributed by atoms with E-state index < -0.39 is 0 Å². The minimum absolute atomic E-state index is 0.0228. The Morgan fingerprint density at radius 3 is 2.10 bits per heavy atom. The predicted molar refractivity (Wildman–Crippen MR) is 115 cm³/mol. The van der Waals surface area contributed by atoms with E-state index in [-0.39, 0.29) is 41.6 Å². The lowest BCUT2D eigenvalue weighted by molar-refractivity contribution is -0.137. The van der Waals surface area contributed by atoms with Gasteiger partial charge in [-0.05, 0) is 57.1 Å². The summed E-state index contributed by atoms with van der Waals surface area (Å²) < 4.78 is 0. The number of rotatable bonds is 5. The van der Waals surface area contributed by atoms with E-state index in [0.717, 1.165) is 56.9 Å². The fourth-order valence-corrected chi connectivity index (χ4v) is 4.80. The van der Waals surface area contributed by atoms with Gasteiger partial charge in [-0.3, -0.25) is 14.4 Å². The molecule has 1 aliphatic heterocycles. The lowest BCUT2D eigenvalue weighted by atomic mass is 9.88. The molecule has 2 atom stereocenters. The number of carbonyl (C=O) groups is 3. The van der Waals surface area contributed by atoms with Crippen LogP contribution < -0.4 is 10.6 Å². The van der Waals surface area contributed by atoms with Gasteiger partial charge in [-0.1, -0.05) is 31.0 Å². The van der Waals surface area contributed by atoms with Gasteiger partial charge in [-0.25, -0.2) is 0 Å². The SMILES string of the molecule is Cc1ccccc1C(=O)N[C@@H]1CCCC[C@H]1NC(=O)C1CCN(C(=O)C2CC2)CC1. The quantitative estimate of drug-likeness (QED) is 0.782. The molecule has 1 heterocycles. The highest BCUT2D eigenvalue weighted by atomic mass is 16.2. The van der Waals surface area contributed by atoms with Crippen molar-refractivity contribution in [1.82, 2.24) is 15.5 Å². The molecule has 1 saturated heterocycles. The molecule has 0 aromatic heterocycles. The Bertz CT molecular complexity index is 797. The number of benzene rings is 1. The molecule has 2 N–H and O–H groups in total. The zero-order valence-electron chi connectivity index (χ0n) is 17.9. The molecule has 1 aromatic carbocycles. The third-order valence-electron chi connectivity index (χ3n) is 6.90. The molecule has 0 unspecified atom stereocenters. The van der Waals surface area contributed by atoms with E-state index in [0.29, 0.717) is 18.7 Å². The van der Waals surface area contributed by atoms with Crippen LogP contribution in [0.5, 0.6) is 0 Å². The van der Waals surface area contributed by atoms with Gasteiger partial charge in [0, 0.05) is 42.6 Å². The second kappa shape index (κ2) is 9.19. The van der Waals surface area contributed by atoms with Crippen molar-refractivity contribution in [2.75, 3.05) is 13.1 Å². The van der Waals surface area contributed by atoms with E-state index in [1.165, 1.54) is 0 Å². The van der Waals surface area contributed by atoms with Crippen molar-refractivity contribution in [2.24, 2.45) is 11.8 Å². The summed E-state index contributed by atoms with van der Waals surface area (Å²) in [6, 6.07) is 7.53. The van der Waals surface area contributed by atoms with Crippen molar-refractivity contribution in [3.05, 3.63) is 35.4 Å². The molecule has 0 bridgehead atoms. The van der Waals surface area contributed by atoms with Crippen LogP contribution in [0.15, 0.2) is 24.3 Å². The number of likely N-dealkylation sites (tertiary alicyclic amines) is 1. The Kier molecular flexibility index (Phi) is 6.40. The summed E-state index contributed by atoms with van der Waals surface area (Å²) in [7, 11) is 0. The average Bonchev–Trinajstić information content (AvgIpc) is 3.60. The Hall–Kier alpha value is -2.37. The van der Waals surface area contributed by atoms with Gasteiger partial charge >= 0.3 is 0 Å². The van der Waals surface area contributed by atoms with Gasteiger partial charge in [0.1, 0.15) is 0 Å². The van der Waals surface area contributed by atoms with Crippen LogP contribution in [-0.4, -0.2) is 47.8 Å². The van der Waals surface area contributed by atoms with Crippen molar-refractivity contribution < 1.29 is 14.4 Å². The lowest BCUT2D eigenvalue weighted by Crippen LogP contribution is -2.55. The van der Waals surface area contributed by atoms with Gasteiger partial charge in [0.05, 0.1) is 0 Å². The highest BCUT2D eigenvalue weighted by molar-refractivity contribution is 5.95. The second-order valence-electron chi connectivity index (χ2n) is 9.17. The van der Waals surface area contributed by atoms with Gasteiger partial charge in [-0.2, -0.15) is 0 Å². The third kappa shape index (κ3) is 4.85. The number of carbonyl (C=O) groups excluding carboxylic acids is 3. The fourth-order valence-electron chi connectivity index (χ4n) is 4.80. The van der Waals surface area contributed by atoms with Crippen LogP contribution in [0.1, 0.15) is 67.3 Å². The molecule has 6 heteroatoms. The van der Waals surface area contributed by atoms with E-state index in [4.69, 9.17) is 0 Å². The molecular weight excluding hydrogens is 378 g/mol. The predicted octanol–water partition coefficient (Wildman–Crippen LogP) is 2.80. The third-order valence-corrected chi connectivity index (χ3v) is 6.90. The first kappa shape index (κ1) is 20.9. The summed E-state index contributed by atoms with van der Waals surface area (Å²) in [5, 5.41) is 6.40. The molecule has 162 valence electrons. The molecule has 3 fully saturated rings. The van der Waals surface area contributed by atoms with Crippen LogP contribution in [0, 0.1) is 18.8 Å². The molecular formula is C24H33N3O3. The van der Waals surface area contributed by atoms with Crippen LogP contribution in [0.2, 0.25) is 0 Å². The van der Waals surface area contributed by atoms with E-state index in [1.807, 2.05) is 36.1 Å². The molecule has 30 heavy (non-hydrogen) atoms. The van der Waals surface area contributed by atoms with Crippen molar-refractivity contribution in [2.45, 2.75) is 70.4 Å². The minimum Gasteiger partial charge on any atom is -0.351 e. The van der Waals surface area contributed by atoms with Gasteiger partial charge < -0.3 is 15.5 Å². The Labute approximate surface area is 178 Å². The average molecular weight is 412 g/mol. The number of hydrogen-bond donors (Lipinski definition) is 2. The second-order valence-corrected chi connectivity index (χ2v) is 9.17. The maximum atomic E-state index is 12.9. The van der Waals surface area contributed by atoms with Crippen LogP contribution in [0.3, 0.4) is 0 Å². The van der Waals surface area contributed by atoms with Crippen LogP contribution >= 0.6 is 0 Å². The molecule has 4 rings (SSSR count). The van der Waals surface area contributed by atoms with Crippen molar-refractivity contribution >= 4 is 17.7 Å². The lowest BCUT2D eigenvalue weighted by Gasteiger charge is -2.36. The summed E-state index contributed by atoms with van der Waals surface area (Å²) >= 11 is 0. The zero-order valence-corrected chi connectivity index (χ0v) is 17.9. The summed E-state index contributed by atoms with van der Waals surface area (Å²) in [6.45, 7) is 3.31. The van der Waals surface area contributed by atoms with Gasteiger partial charge in [0.25, 0.3) is 5.91 Å². The van der Waals surface area contributed by atoms with E-state index in [2.05, 4.69) is 10.6 Å². The Morgan fingerprint density at radius 1 is 0.833 bits per heavy atom. The number of nitrogens with zero attached hydrogens (tertiary/aromatic N) is 1. The first-order valence-electron chi connectivity index (χ1n) is 11.5. The molecule has 3 aliphatic rings. The summed E-state index contributed by atoms with van der Waals surface area (Å²) in [5.41, 5.74) is 1.65. The van der Waals surface area contributed by atoms with E-state index >= 15 is 0 Å². The topological polar surface area (TPSA) is 78.5 Å². The number of aryl methyl sites for hydroxylation is 1. The summed E-state index contributed by atoms with van der Waals surface area (Å²) in [6.07, 6.45) is 7.42. The monoisotopic (exact) mass is 411 g/mol. The maximum Gasteiger partial charge on any atom is 0.251 e. The van der Waals surface area contributed by atoms with Crippen LogP contribution in [-0.2, 0) is 9.59 Å². The highest BCUT2D eigenvalue weighted by Crippen LogP contribution is 2.32. The van der Waals surface area contributed by atoms with Crippen LogP contribution in [0.25, 0.3) is 0 Å². The van der Waals surface area contributed by atoms with Crippen molar-refractivity contribution in [3.63, 3.8) is 0 Å². The van der Waals surface area contributed by atoms with E-state index in [9.17, 15) is 14.4 Å². The molecule has 3 amide bonds. The Morgan fingerprint density at radius 2 is 1.47 bits per heavy atom. The number of nitrogens with one attached hydrogen (secondary N) is 2. The van der Waals surface area contributed by atoms with Gasteiger partial charge in [0.2, 0.25) is 11.8 Å². The first-order valence-corrected chi connectivity index (χ1v) is 11.5. The van der Waals surface area contributed by atoms with Gasteiger partial charge in [0.15, 0.2) is 0 Å². The fraction of sp³-hybridized carbons (Fsp3) is 0.625. The molecule has 2 aliphatic carbocycles. The standard InChI is InChI=1S/C24H33N3O3/c1-16-6-2-3-7-19(16)23(29)26-21-9-5-4-8-20(21)25-22(28)17-12-14-27(15-13-17)24(30)18-10-11-18/h2-3,6-7,17-18,20-21H,4-5,8-15H2,1H3,(H,25,28)(H,26,29)/t20-,21-/m1/s1. The normalized spacial score (nSPS) is 24.9. The largest absolute Gasteiger partial charge is 0.351 e. The van der Waals surface area contributed by atoms with Crippen LogP contribution in [0.4, 0.5) is 0 Å². The van der Waals surface area contributed by atoms with Crippen molar-refractivity contribution in [3.8, 4) is 0 Å². The summed E-state index contributed by atoms with van der Waals surface area (Å²) in [5.74, 6) is 0.500. The number of hydrogen-bond acceptors (Lipinski definition) is 3. The van der Waals surface area contributed by atoms with E-state index in [1.54, 1.807) is 0 Å². The Balaban J connectivity index is 1.31. The van der Waals surface area contributed by atoms with Gasteiger partial charge in [-0.15, -0.1) is 0 Å². The highest BCUT2D eigenvalue weighted by Gasteiger charge is 2.37. The molecule has 1 aromatic rings. The minimum atomic E-state index is -0.0638. The number of piperidine rings is 1. The molecule has 2 saturated carbocycles. The molecule has 0 radical (unpaired) electrons. The molecule has 6 nitrogen and oxygen atoms in total. The number of amides is 3. The maximum absolute atomic E-state index is 12.9.